The molecule has 0 spiro atoms. The largest absolute Gasteiger partial charge is 0.395 e. The Hall–Kier alpha value is -0.200. The fourth-order valence-corrected chi connectivity index (χ4v) is 3.49. The second-order valence-electron chi connectivity index (χ2n) is 6.70. The molecule has 0 bridgehead atoms. The minimum Gasteiger partial charge on any atom is -0.395 e. The van der Waals surface area contributed by atoms with Crippen LogP contribution in [0.15, 0.2) is 0 Å². The van der Waals surface area contributed by atoms with Crippen LogP contribution in [0.3, 0.4) is 0 Å². The zero-order valence-electron chi connectivity index (χ0n) is 13.6. The van der Waals surface area contributed by atoms with Gasteiger partial charge < -0.3 is 20.3 Å². The van der Waals surface area contributed by atoms with Gasteiger partial charge in [-0.15, -0.1) is 0 Å². The first-order valence-electron chi connectivity index (χ1n) is 7.66. The summed E-state index contributed by atoms with van der Waals surface area (Å²) in [4.78, 5) is 2.11. The molecule has 5 nitrogen and oxygen atoms in total. The lowest BCUT2D eigenvalue weighted by molar-refractivity contribution is -0.0799. The van der Waals surface area contributed by atoms with E-state index in [-0.39, 0.29) is 30.5 Å². The van der Waals surface area contributed by atoms with Gasteiger partial charge in [-0.25, -0.2) is 0 Å². The number of rotatable bonds is 8. The van der Waals surface area contributed by atoms with Gasteiger partial charge in [0.25, 0.3) is 0 Å². The average Bonchev–Trinajstić information content (AvgIpc) is 2.48. The van der Waals surface area contributed by atoms with E-state index < -0.39 is 0 Å². The Kier molecular flexibility index (Phi) is 6.41. The first kappa shape index (κ1) is 17.9. The minimum absolute atomic E-state index is 0.114. The average molecular weight is 288 g/mol. The van der Waals surface area contributed by atoms with E-state index in [2.05, 4.69) is 44.8 Å². The quantitative estimate of drug-likeness (QED) is 0.605. The summed E-state index contributed by atoms with van der Waals surface area (Å²) in [7, 11) is 0. The maximum atomic E-state index is 9.17. The Morgan fingerprint density at radius 1 is 1.05 bits per heavy atom. The number of nitrogens with one attached hydrogen (secondary N) is 1. The normalized spacial score (nSPS) is 28.2. The van der Waals surface area contributed by atoms with Crippen LogP contribution >= 0.6 is 0 Å². The van der Waals surface area contributed by atoms with Gasteiger partial charge in [0.15, 0.2) is 0 Å². The number of nitrogens with zero attached hydrogens (tertiary/aromatic N) is 1. The van der Waals surface area contributed by atoms with Crippen LogP contribution in [0.2, 0.25) is 0 Å². The summed E-state index contributed by atoms with van der Waals surface area (Å²) in [6.45, 7) is 13.8. The second-order valence-corrected chi connectivity index (χ2v) is 6.70. The van der Waals surface area contributed by atoms with E-state index in [0.29, 0.717) is 19.0 Å². The minimum atomic E-state index is -0.223. The number of aliphatic hydroxyl groups excluding tert-OH is 2. The Morgan fingerprint density at radius 3 is 2.05 bits per heavy atom. The van der Waals surface area contributed by atoms with Crippen LogP contribution in [0.5, 0.6) is 0 Å². The number of aliphatic hydroxyl groups is 2. The first-order valence-corrected chi connectivity index (χ1v) is 7.66. The van der Waals surface area contributed by atoms with E-state index in [9.17, 15) is 0 Å². The molecule has 2 atom stereocenters. The van der Waals surface area contributed by atoms with E-state index in [1.165, 1.54) is 0 Å². The molecule has 0 saturated carbocycles. The number of hydrogen-bond donors (Lipinski definition) is 3. The summed E-state index contributed by atoms with van der Waals surface area (Å²) >= 11 is 0. The van der Waals surface area contributed by atoms with Gasteiger partial charge >= 0.3 is 0 Å². The Bertz CT molecular complexity index is 289. The van der Waals surface area contributed by atoms with Crippen molar-refractivity contribution in [2.75, 3.05) is 39.4 Å². The van der Waals surface area contributed by atoms with Crippen molar-refractivity contribution in [1.82, 2.24) is 10.2 Å². The van der Waals surface area contributed by atoms with Crippen LogP contribution in [-0.2, 0) is 4.74 Å². The molecule has 0 amide bonds. The Morgan fingerprint density at radius 2 is 1.60 bits per heavy atom. The van der Waals surface area contributed by atoms with Crippen LogP contribution in [0.25, 0.3) is 0 Å². The Labute approximate surface area is 123 Å². The molecule has 1 rings (SSSR count). The third kappa shape index (κ3) is 4.15. The molecule has 1 fully saturated rings. The highest BCUT2D eigenvalue weighted by atomic mass is 16.5. The number of hydrogen-bond acceptors (Lipinski definition) is 5. The van der Waals surface area contributed by atoms with Crippen molar-refractivity contribution < 1.29 is 14.9 Å². The topological polar surface area (TPSA) is 65.0 Å². The van der Waals surface area contributed by atoms with E-state index in [0.717, 1.165) is 13.1 Å². The maximum Gasteiger partial charge on any atom is 0.0790 e. The third-order valence-corrected chi connectivity index (χ3v) is 4.28. The van der Waals surface area contributed by atoms with Crippen molar-refractivity contribution in [3.8, 4) is 0 Å². The molecular formula is C15H32N2O3. The van der Waals surface area contributed by atoms with Gasteiger partial charge in [-0.05, 0) is 34.2 Å². The standard InChI is InChI=1S/C15H32N2O3/c1-6-16-13-12(11-17(7-9-18)8-10-19)14(2,3)20-15(13,4)5/h12-13,16,18-19H,6-11H2,1-5H3. The van der Waals surface area contributed by atoms with E-state index >= 15 is 0 Å². The zero-order valence-corrected chi connectivity index (χ0v) is 13.6. The monoisotopic (exact) mass is 288 g/mol. The van der Waals surface area contributed by atoms with E-state index in [1.54, 1.807) is 0 Å². The number of ether oxygens (including phenoxy) is 1. The fraction of sp³-hybridized carbons (Fsp3) is 1.00. The fourth-order valence-electron chi connectivity index (χ4n) is 3.49. The Balaban J connectivity index is 2.86. The lowest BCUT2D eigenvalue weighted by Crippen LogP contribution is -2.51. The van der Waals surface area contributed by atoms with Crippen LogP contribution in [0.1, 0.15) is 34.6 Å². The molecule has 0 aromatic rings. The van der Waals surface area contributed by atoms with Gasteiger partial charge in [0.2, 0.25) is 0 Å². The van der Waals surface area contributed by atoms with Gasteiger partial charge in [0, 0.05) is 31.6 Å². The molecule has 0 aliphatic carbocycles. The lowest BCUT2D eigenvalue weighted by Gasteiger charge is -2.34. The SMILES string of the molecule is CCNC1C(CN(CCO)CCO)C(C)(C)OC1(C)C. The van der Waals surface area contributed by atoms with E-state index in [1.807, 2.05) is 0 Å². The highest BCUT2D eigenvalue weighted by Crippen LogP contribution is 2.42. The molecule has 1 heterocycles. The van der Waals surface area contributed by atoms with Gasteiger partial charge in [0.05, 0.1) is 24.4 Å². The zero-order chi connectivity index (χ0) is 15.4. The summed E-state index contributed by atoms with van der Waals surface area (Å²) in [5, 5.41) is 21.9. The summed E-state index contributed by atoms with van der Waals surface area (Å²) in [5.41, 5.74) is -0.437. The van der Waals surface area contributed by atoms with Gasteiger partial charge in [0.1, 0.15) is 0 Å². The highest BCUT2D eigenvalue weighted by Gasteiger charge is 2.53. The van der Waals surface area contributed by atoms with Crippen LogP contribution in [0, 0.1) is 5.92 Å². The highest BCUT2D eigenvalue weighted by molar-refractivity contribution is 5.06. The molecule has 0 aromatic carbocycles. The molecular weight excluding hydrogens is 256 g/mol. The number of likely N-dealkylation sites (N-methyl/N-ethyl adjacent to an activating group) is 1. The predicted octanol–water partition coefficient (Wildman–Crippen LogP) is 0.455. The van der Waals surface area contributed by atoms with Crippen LogP contribution in [-0.4, -0.2) is 71.7 Å². The molecule has 120 valence electrons. The van der Waals surface area contributed by atoms with Crippen molar-refractivity contribution in [3.05, 3.63) is 0 Å². The molecule has 1 aliphatic heterocycles. The molecule has 5 heteroatoms. The summed E-state index contributed by atoms with van der Waals surface area (Å²) in [5.74, 6) is 0.315. The van der Waals surface area contributed by atoms with Crippen molar-refractivity contribution >= 4 is 0 Å². The smallest absolute Gasteiger partial charge is 0.0790 e. The lowest BCUT2D eigenvalue weighted by atomic mass is 9.82. The predicted molar refractivity (Wildman–Crippen MR) is 80.8 cm³/mol. The molecule has 20 heavy (non-hydrogen) atoms. The van der Waals surface area contributed by atoms with Crippen molar-refractivity contribution in [1.29, 1.82) is 0 Å². The van der Waals surface area contributed by atoms with Crippen molar-refractivity contribution in [2.24, 2.45) is 5.92 Å². The van der Waals surface area contributed by atoms with Gasteiger partial charge in [-0.1, -0.05) is 6.92 Å². The van der Waals surface area contributed by atoms with Gasteiger partial charge in [-0.2, -0.15) is 0 Å². The molecule has 1 aliphatic rings. The third-order valence-electron chi connectivity index (χ3n) is 4.28. The van der Waals surface area contributed by atoms with Crippen molar-refractivity contribution in [3.63, 3.8) is 0 Å². The molecule has 0 radical (unpaired) electrons. The summed E-state index contributed by atoms with van der Waals surface area (Å²) < 4.78 is 6.26. The molecule has 0 aromatic heterocycles. The molecule has 1 saturated heterocycles. The maximum absolute atomic E-state index is 9.17. The van der Waals surface area contributed by atoms with Crippen LogP contribution in [0.4, 0.5) is 0 Å². The van der Waals surface area contributed by atoms with Crippen LogP contribution < -0.4 is 5.32 Å². The summed E-state index contributed by atoms with van der Waals surface area (Å²) in [6.07, 6.45) is 0. The molecule has 2 unspecified atom stereocenters. The van der Waals surface area contributed by atoms with Gasteiger partial charge in [-0.3, -0.25) is 4.90 Å². The second kappa shape index (κ2) is 7.18. The first-order chi connectivity index (χ1) is 9.28. The van der Waals surface area contributed by atoms with E-state index in [4.69, 9.17) is 14.9 Å². The summed E-state index contributed by atoms with van der Waals surface area (Å²) in [6, 6.07) is 0.266. The van der Waals surface area contributed by atoms with Crippen molar-refractivity contribution in [2.45, 2.75) is 51.9 Å². The molecule has 3 N–H and O–H groups in total.